The van der Waals surface area contributed by atoms with Crippen molar-refractivity contribution >= 4 is 5.97 Å². The van der Waals surface area contributed by atoms with Crippen molar-refractivity contribution in [2.75, 3.05) is 13.1 Å². The largest absolute Gasteiger partial charge is 0.461 e. The summed E-state index contributed by atoms with van der Waals surface area (Å²) in [7, 11) is 0. The lowest BCUT2D eigenvalue weighted by Gasteiger charge is -2.46. The molecule has 1 unspecified atom stereocenters. The predicted molar refractivity (Wildman–Crippen MR) is 111 cm³/mol. The fourth-order valence-corrected chi connectivity index (χ4v) is 8.55. The summed E-state index contributed by atoms with van der Waals surface area (Å²) in [5, 5.41) is 0. The fourth-order valence-electron chi connectivity index (χ4n) is 8.55. The monoisotopic (exact) mass is 386 g/mol. The molecule has 0 aromatic carbocycles. The van der Waals surface area contributed by atoms with Crippen molar-refractivity contribution in [3.63, 3.8) is 0 Å². The Hall–Kier alpha value is -0.830. The molecule has 0 aromatic rings. The van der Waals surface area contributed by atoms with Gasteiger partial charge in [0.1, 0.15) is 12.0 Å². The molecule has 0 spiro atoms. The van der Waals surface area contributed by atoms with Gasteiger partial charge in [-0.3, -0.25) is 4.79 Å². The van der Waals surface area contributed by atoms with Crippen molar-refractivity contribution in [2.24, 2.45) is 34.0 Å². The van der Waals surface area contributed by atoms with Crippen LogP contribution in [0.5, 0.6) is 0 Å². The van der Waals surface area contributed by atoms with Crippen molar-refractivity contribution in [3.8, 4) is 0 Å². The minimum absolute atomic E-state index is 0.0808. The molecule has 156 valence electrons. The summed E-state index contributed by atoms with van der Waals surface area (Å²) in [5.41, 5.74) is 2.82. The van der Waals surface area contributed by atoms with Gasteiger partial charge in [0.15, 0.2) is 0 Å². The molecule has 28 heavy (non-hydrogen) atoms. The lowest BCUT2D eigenvalue weighted by molar-refractivity contribution is -0.917. The lowest BCUT2D eigenvalue weighted by Crippen LogP contribution is -3.14. The molecule has 3 heteroatoms. The summed E-state index contributed by atoms with van der Waals surface area (Å²) in [6, 6.07) is 0.732. The number of ether oxygens (including phenoxy) is 1. The number of fused-ring (bicyclic) bond motifs is 4. The summed E-state index contributed by atoms with van der Waals surface area (Å²) in [6.07, 6.45) is 11.6. The maximum Gasteiger partial charge on any atom is 0.315 e. The minimum Gasteiger partial charge on any atom is -0.461 e. The zero-order chi connectivity index (χ0) is 19.9. The van der Waals surface area contributed by atoms with E-state index in [9.17, 15) is 4.79 Å². The Bertz CT molecular complexity index is 711. The summed E-state index contributed by atoms with van der Waals surface area (Å²) < 4.78 is 6.02. The van der Waals surface area contributed by atoms with Crippen molar-refractivity contribution < 1.29 is 14.4 Å². The Morgan fingerprint density at radius 3 is 2.75 bits per heavy atom. The van der Waals surface area contributed by atoms with Crippen LogP contribution in [-0.2, 0) is 9.53 Å². The van der Waals surface area contributed by atoms with E-state index in [1.54, 1.807) is 10.5 Å². The molecule has 8 atom stereocenters. The van der Waals surface area contributed by atoms with Gasteiger partial charge in [0.2, 0.25) is 0 Å². The summed E-state index contributed by atoms with van der Waals surface area (Å²) in [6.45, 7) is 14.4. The minimum atomic E-state index is 0.0808. The number of hydrogen-bond acceptors (Lipinski definition) is 2. The van der Waals surface area contributed by atoms with E-state index in [2.05, 4.69) is 40.7 Å². The maximum absolute atomic E-state index is 13.0. The molecule has 5 rings (SSSR count). The molecule has 2 heterocycles. The van der Waals surface area contributed by atoms with Crippen LogP contribution in [0.25, 0.3) is 0 Å². The second-order valence-electron chi connectivity index (χ2n) is 12.6. The Balaban J connectivity index is 1.39. The quantitative estimate of drug-likeness (QED) is 0.578. The van der Waals surface area contributed by atoms with Crippen molar-refractivity contribution in [1.82, 2.24) is 0 Å². The topological polar surface area (TPSA) is 30.7 Å². The molecule has 0 amide bonds. The van der Waals surface area contributed by atoms with Crippen LogP contribution in [0.2, 0.25) is 0 Å². The first-order valence-electron chi connectivity index (χ1n) is 11.8. The molecule has 2 saturated carbocycles. The first-order valence-corrected chi connectivity index (χ1v) is 11.8. The van der Waals surface area contributed by atoms with Gasteiger partial charge < -0.3 is 9.64 Å². The molecule has 5 aliphatic rings. The summed E-state index contributed by atoms with van der Waals surface area (Å²) in [5.74, 6) is 1.18. The van der Waals surface area contributed by atoms with Crippen LogP contribution < -0.4 is 4.90 Å². The van der Waals surface area contributed by atoms with Crippen LogP contribution in [-0.4, -0.2) is 31.2 Å². The molecule has 4 fully saturated rings. The summed E-state index contributed by atoms with van der Waals surface area (Å²) >= 11 is 0. The molecular formula is C25H40NO2+. The molecule has 2 saturated heterocycles. The molecule has 0 radical (unpaired) electrons. The molecule has 3 aliphatic carbocycles. The Labute approximate surface area is 171 Å². The van der Waals surface area contributed by atoms with Gasteiger partial charge in [0.25, 0.3) is 0 Å². The number of quaternary nitrogens is 1. The molecule has 0 aromatic heterocycles. The SMILES string of the molecule is C[C@H]1CCC[C@]2(C)C[C@H]3OC(=O)[C@H](C[NH+]4C[C@@]5(C)C[C@@H]4CC(C)(C)C5)[C@H]3C=C12. The average Bonchev–Trinajstić information content (AvgIpc) is 2.97. The Morgan fingerprint density at radius 1 is 1.18 bits per heavy atom. The smallest absolute Gasteiger partial charge is 0.315 e. The number of nitrogens with one attached hydrogen (secondary N) is 1. The molecule has 1 N–H and O–H groups in total. The second kappa shape index (κ2) is 6.09. The van der Waals surface area contributed by atoms with Crippen LogP contribution in [0.1, 0.15) is 79.6 Å². The van der Waals surface area contributed by atoms with E-state index in [1.807, 2.05) is 0 Å². The van der Waals surface area contributed by atoms with Crippen LogP contribution in [0.3, 0.4) is 0 Å². The van der Waals surface area contributed by atoms with Gasteiger partial charge >= 0.3 is 5.97 Å². The fraction of sp³-hybridized carbons (Fsp3) is 0.880. The van der Waals surface area contributed by atoms with Crippen molar-refractivity contribution in [3.05, 3.63) is 11.6 Å². The van der Waals surface area contributed by atoms with Gasteiger partial charge in [0, 0.05) is 24.2 Å². The number of likely N-dealkylation sites (tertiary alicyclic amines) is 1. The Kier molecular flexibility index (Phi) is 4.17. The van der Waals surface area contributed by atoms with E-state index in [4.69, 9.17) is 4.74 Å². The maximum atomic E-state index is 13.0. The number of hydrogen-bond donors (Lipinski definition) is 1. The van der Waals surface area contributed by atoms with E-state index in [1.165, 1.54) is 45.1 Å². The van der Waals surface area contributed by atoms with Gasteiger partial charge in [-0.1, -0.05) is 52.7 Å². The third kappa shape index (κ3) is 2.99. The average molecular weight is 387 g/mol. The third-order valence-electron chi connectivity index (χ3n) is 9.24. The standard InChI is InChI=1S/C25H39NO2/c1-16-7-6-8-25(5)12-21-18(9-20(16)25)19(22(27)28-21)13-26-15-24(4)11-17(26)10-23(2,3)14-24/h9,16-19,21H,6-8,10-15H2,1-5H3/p+1/t16-,17-,18+,19+,21+,24-,25+/m0/s1. The highest BCUT2D eigenvalue weighted by molar-refractivity contribution is 5.76. The van der Waals surface area contributed by atoms with Gasteiger partial charge in [0.05, 0.1) is 19.1 Å². The molecule has 2 bridgehead atoms. The first kappa shape index (κ1) is 19.2. The van der Waals surface area contributed by atoms with E-state index >= 15 is 0 Å². The van der Waals surface area contributed by atoms with Gasteiger partial charge in [-0.25, -0.2) is 0 Å². The van der Waals surface area contributed by atoms with E-state index in [0.717, 1.165) is 19.0 Å². The van der Waals surface area contributed by atoms with Crippen LogP contribution in [0.15, 0.2) is 11.6 Å². The number of carbonyl (C=O) groups excluding carboxylic acids is 1. The highest BCUT2D eigenvalue weighted by Crippen LogP contribution is 2.54. The van der Waals surface area contributed by atoms with Gasteiger partial charge in [-0.2, -0.15) is 0 Å². The van der Waals surface area contributed by atoms with Crippen LogP contribution in [0, 0.1) is 34.0 Å². The Morgan fingerprint density at radius 2 is 1.96 bits per heavy atom. The van der Waals surface area contributed by atoms with Crippen molar-refractivity contribution in [2.45, 2.75) is 91.7 Å². The van der Waals surface area contributed by atoms with Crippen LogP contribution in [0.4, 0.5) is 0 Å². The lowest BCUT2D eigenvalue weighted by atomic mass is 9.59. The van der Waals surface area contributed by atoms with Gasteiger partial charge in [-0.15, -0.1) is 0 Å². The predicted octanol–water partition coefficient (Wildman–Crippen LogP) is 3.78. The van der Waals surface area contributed by atoms with E-state index in [0.29, 0.717) is 22.7 Å². The normalized spacial score (nSPS) is 51.9. The number of allylic oxidation sites excluding steroid dienone is 1. The summed E-state index contributed by atoms with van der Waals surface area (Å²) in [4.78, 5) is 14.6. The van der Waals surface area contributed by atoms with Crippen LogP contribution >= 0.6 is 0 Å². The third-order valence-corrected chi connectivity index (χ3v) is 9.24. The molecule has 2 aliphatic heterocycles. The van der Waals surface area contributed by atoms with E-state index in [-0.39, 0.29) is 23.4 Å². The first-order chi connectivity index (χ1) is 13.1. The molecule has 3 nitrogen and oxygen atoms in total. The second-order valence-corrected chi connectivity index (χ2v) is 12.6. The zero-order valence-corrected chi connectivity index (χ0v) is 18.6. The highest BCUT2D eigenvalue weighted by atomic mass is 16.6. The number of carbonyl (C=O) groups is 1. The van der Waals surface area contributed by atoms with Crippen molar-refractivity contribution in [1.29, 1.82) is 0 Å². The number of esters is 1. The number of rotatable bonds is 2. The van der Waals surface area contributed by atoms with Gasteiger partial charge in [-0.05, 0) is 42.4 Å². The van der Waals surface area contributed by atoms with E-state index < -0.39 is 0 Å². The zero-order valence-electron chi connectivity index (χ0n) is 18.6. The molecular weight excluding hydrogens is 346 g/mol. The highest BCUT2D eigenvalue weighted by Gasteiger charge is 2.57.